The second-order valence-electron chi connectivity index (χ2n) is 0.383. The topological polar surface area (TPSA) is 72.0 Å². The van der Waals surface area contributed by atoms with Crippen LogP contribution in [0.3, 0.4) is 0 Å². The van der Waals surface area contributed by atoms with Crippen LogP contribution < -0.4 is 5.53 Å². The predicted molar refractivity (Wildman–Crippen MR) is 12.6 cm³/mol. The largest absolute Gasteiger partial charge is 0.462 e. The summed E-state index contributed by atoms with van der Waals surface area (Å²) < 4.78 is 0. The first-order valence-electron chi connectivity index (χ1n) is 0.851. The Morgan fingerprint density at radius 2 is 2.20 bits per heavy atom. The summed E-state index contributed by atoms with van der Waals surface area (Å²) in [6.07, 6.45) is -1.56. The van der Waals surface area contributed by atoms with E-state index in [2.05, 4.69) is 0 Å². The number of carbonyl (C=O) groups is 1. The third-order valence-electron chi connectivity index (χ3n) is 0.0855. The van der Waals surface area contributed by atoms with Crippen molar-refractivity contribution >= 4 is 6.09 Å². The Bertz CT molecular complexity index is 58.7. The van der Waals surface area contributed by atoms with E-state index in [9.17, 15) is 0 Å². The lowest BCUT2D eigenvalue weighted by atomic mass is 11.3. The average Bonchev–Trinajstić information content (AvgIpc) is 1.38. The molecular weight excluding hydrogens is 72.0 g/mol. The fraction of sp³-hybridized carbons (Fsp3) is 0. The second-order valence-corrected chi connectivity index (χ2v) is 0.383. The first-order valence-corrected chi connectivity index (χ1v) is 0.851. The van der Waals surface area contributed by atoms with Gasteiger partial charge in [-0.1, -0.05) is 5.11 Å². The van der Waals surface area contributed by atoms with E-state index in [1.54, 1.807) is 5.11 Å². The Morgan fingerprint density at radius 3 is 2.20 bits per heavy atom. The zero-order valence-electron chi connectivity index (χ0n) is 2.25. The zero-order chi connectivity index (χ0) is 4.28. The van der Waals surface area contributed by atoms with E-state index in [1.165, 1.54) is 0 Å². The van der Waals surface area contributed by atoms with Gasteiger partial charge in [-0.2, -0.15) is 0 Å². The summed E-state index contributed by atoms with van der Waals surface area (Å²) in [4.78, 5) is 8.95. The molecule has 0 atom stereocenters. The molecule has 0 spiro atoms. The van der Waals surface area contributed by atoms with Crippen molar-refractivity contribution in [3.63, 3.8) is 0 Å². The van der Waals surface area contributed by atoms with Crippen molar-refractivity contribution in [3.05, 3.63) is 0 Å². The van der Waals surface area contributed by atoms with Crippen molar-refractivity contribution in [2.24, 2.45) is 5.11 Å². The smallest absolute Gasteiger partial charge is 0.451 e. The van der Waals surface area contributed by atoms with Crippen LogP contribution in [0.4, 0.5) is 4.79 Å². The van der Waals surface area contributed by atoms with Gasteiger partial charge in [0.2, 0.25) is 0 Å². The van der Waals surface area contributed by atoms with Gasteiger partial charge < -0.3 is 5.11 Å². The SMILES string of the molecule is [N]=NC(=O)O. The van der Waals surface area contributed by atoms with Crippen LogP contribution in [0.1, 0.15) is 0 Å². The highest BCUT2D eigenvalue weighted by Gasteiger charge is 1.79. The van der Waals surface area contributed by atoms with Crippen LogP contribution in [0.25, 0.3) is 0 Å². The molecule has 0 unspecified atom stereocenters. The third-order valence-corrected chi connectivity index (χ3v) is 0.0855. The molecule has 0 aliphatic rings. The monoisotopic (exact) mass is 73.0 g/mol. The first-order chi connectivity index (χ1) is 2.27. The van der Waals surface area contributed by atoms with E-state index >= 15 is 0 Å². The lowest BCUT2D eigenvalue weighted by molar-refractivity contribution is 0.204. The van der Waals surface area contributed by atoms with Crippen molar-refractivity contribution in [1.82, 2.24) is 5.53 Å². The van der Waals surface area contributed by atoms with E-state index in [4.69, 9.17) is 15.4 Å². The fourth-order valence-corrected chi connectivity index (χ4v) is 0. The number of nitrogens with zero attached hydrogens (tertiary/aromatic N) is 2. The molecule has 5 heavy (non-hydrogen) atoms. The van der Waals surface area contributed by atoms with Crippen molar-refractivity contribution < 1.29 is 9.90 Å². The molecule has 1 radical (unpaired) electrons. The fourth-order valence-electron chi connectivity index (χ4n) is 0. The molecule has 0 saturated carbocycles. The molecule has 0 heterocycles. The van der Waals surface area contributed by atoms with Gasteiger partial charge in [0.25, 0.3) is 0 Å². The number of rotatable bonds is 0. The Hall–Kier alpha value is -0.930. The predicted octanol–water partition coefficient (Wildman–Crippen LogP) is -0.0833. The summed E-state index contributed by atoms with van der Waals surface area (Å²) >= 11 is 0. The molecule has 0 aromatic rings. The number of hydrogen-bond donors (Lipinski definition) is 1. The molecule has 27 valence electrons. The number of carboxylic acid groups (broad SMARTS) is 1. The molecule has 4 heteroatoms. The maximum Gasteiger partial charge on any atom is 0.451 e. The van der Waals surface area contributed by atoms with Gasteiger partial charge in [-0.15, -0.1) is 0 Å². The molecule has 4 nitrogen and oxygen atoms in total. The zero-order valence-corrected chi connectivity index (χ0v) is 2.25. The van der Waals surface area contributed by atoms with Gasteiger partial charge in [0.1, 0.15) is 0 Å². The van der Waals surface area contributed by atoms with Gasteiger partial charge >= 0.3 is 6.09 Å². The molecule has 0 fully saturated rings. The van der Waals surface area contributed by atoms with E-state index in [1.807, 2.05) is 0 Å². The third kappa shape index (κ3) is 3.07. The molecule has 1 N–H and O–H groups in total. The van der Waals surface area contributed by atoms with E-state index in [-0.39, 0.29) is 0 Å². The minimum atomic E-state index is -1.56. The van der Waals surface area contributed by atoms with Crippen LogP contribution >= 0.6 is 0 Å². The normalized spacial score (nSPS) is 6.40. The Labute approximate surface area is 27.9 Å². The van der Waals surface area contributed by atoms with Gasteiger partial charge in [-0.3, -0.25) is 0 Å². The van der Waals surface area contributed by atoms with Gasteiger partial charge in [0.15, 0.2) is 0 Å². The number of amides is 1. The summed E-state index contributed by atoms with van der Waals surface area (Å²) in [5.41, 5.74) is 7.17. The molecule has 0 saturated heterocycles. The first kappa shape index (κ1) is 4.07. The minimum absolute atomic E-state index is 1.56. The van der Waals surface area contributed by atoms with Crippen molar-refractivity contribution in [2.75, 3.05) is 0 Å². The quantitative estimate of drug-likeness (QED) is 0.407. The van der Waals surface area contributed by atoms with Crippen LogP contribution in [-0.4, -0.2) is 11.2 Å². The highest BCUT2D eigenvalue weighted by atomic mass is 16.4. The van der Waals surface area contributed by atoms with E-state index in [0.717, 1.165) is 0 Å². The van der Waals surface area contributed by atoms with Gasteiger partial charge in [0.05, 0.1) is 0 Å². The van der Waals surface area contributed by atoms with Crippen molar-refractivity contribution in [1.29, 1.82) is 0 Å². The molecular formula is CHN2O2. The number of hydrogen-bond acceptors (Lipinski definition) is 1. The molecule has 1 amide bonds. The summed E-state index contributed by atoms with van der Waals surface area (Å²) in [6, 6.07) is 0. The Morgan fingerprint density at radius 1 is 2.00 bits per heavy atom. The molecule has 0 bridgehead atoms. The van der Waals surface area contributed by atoms with Crippen LogP contribution in [0.15, 0.2) is 5.11 Å². The highest BCUT2D eigenvalue weighted by molar-refractivity contribution is 5.64. The Balaban J connectivity index is 3.20. The molecule has 0 aliphatic carbocycles. The van der Waals surface area contributed by atoms with Crippen LogP contribution in [0.5, 0.6) is 0 Å². The van der Waals surface area contributed by atoms with Gasteiger partial charge in [-0.25, -0.2) is 4.79 Å². The maximum atomic E-state index is 8.95. The van der Waals surface area contributed by atoms with Gasteiger partial charge in [0, 0.05) is 0 Å². The van der Waals surface area contributed by atoms with Crippen LogP contribution in [-0.2, 0) is 0 Å². The lowest BCUT2D eigenvalue weighted by Gasteiger charge is -1.60. The minimum Gasteiger partial charge on any atom is -0.462 e. The molecule has 0 aromatic carbocycles. The molecule has 0 aromatic heterocycles. The summed E-state index contributed by atoms with van der Waals surface area (Å²) in [7, 11) is 0. The lowest BCUT2D eigenvalue weighted by Crippen LogP contribution is -1.79. The van der Waals surface area contributed by atoms with Crippen molar-refractivity contribution in [3.8, 4) is 0 Å². The van der Waals surface area contributed by atoms with E-state index in [0.29, 0.717) is 0 Å². The molecule has 0 aliphatic heterocycles. The second kappa shape index (κ2) is 1.40. The maximum absolute atomic E-state index is 8.95. The summed E-state index contributed by atoms with van der Waals surface area (Å²) in [6.45, 7) is 0. The molecule has 0 rings (SSSR count). The van der Waals surface area contributed by atoms with E-state index < -0.39 is 6.09 Å². The van der Waals surface area contributed by atoms with Gasteiger partial charge in [-0.05, 0) is 5.53 Å². The highest BCUT2D eigenvalue weighted by Crippen LogP contribution is 1.58. The summed E-state index contributed by atoms with van der Waals surface area (Å²) in [5.74, 6) is 0. The van der Waals surface area contributed by atoms with Crippen LogP contribution in [0, 0.1) is 0 Å². The van der Waals surface area contributed by atoms with Crippen molar-refractivity contribution in [2.45, 2.75) is 0 Å². The average molecular weight is 73.0 g/mol. The van der Waals surface area contributed by atoms with Crippen LogP contribution in [0.2, 0.25) is 0 Å². The summed E-state index contributed by atoms with van der Waals surface area (Å²) in [5, 5.41) is 9.11. The Kier molecular flexibility index (Phi) is 1.14. The standard InChI is InChI=1S/CHN2O2/c2-3-1(4)5/h(H,4,5).